The number of halogens is 2. The first kappa shape index (κ1) is 19.9. The molecule has 3 rings (SSSR count). The Morgan fingerprint density at radius 1 is 1.29 bits per heavy atom. The summed E-state index contributed by atoms with van der Waals surface area (Å²) in [7, 11) is 0. The van der Waals surface area contributed by atoms with Crippen LogP contribution in [0.1, 0.15) is 18.4 Å². The van der Waals surface area contributed by atoms with E-state index in [1.165, 1.54) is 17.0 Å². The third kappa shape index (κ3) is 5.13. The van der Waals surface area contributed by atoms with Crippen molar-refractivity contribution >= 4 is 29.2 Å². The minimum atomic E-state index is -0.514. The number of nitrogens with zero attached hydrogens (tertiary/aromatic N) is 1. The zero-order valence-corrected chi connectivity index (χ0v) is 15.9. The number of urea groups is 1. The van der Waals surface area contributed by atoms with Crippen LogP contribution < -0.4 is 15.8 Å². The van der Waals surface area contributed by atoms with E-state index in [0.717, 1.165) is 6.42 Å². The molecule has 28 heavy (non-hydrogen) atoms. The molecule has 0 aliphatic carbocycles. The maximum atomic E-state index is 13.2. The van der Waals surface area contributed by atoms with Gasteiger partial charge in [0.2, 0.25) is 5.91 Å². The van der Waals surface area contributed by atoms with Crippen LogP contribution in [-0.2, 0) is 11.4 Å². The topological polar surface area (TPSA) is 84.7 Å². The quantitative estimate of drug-likeness (QED) is 0.793. The number of ether oxygens (including phenoxy) is 1. The lowest BCUT2D eigenvalue weighted by Crippen LogP contribution is -2.46. The highest BCUT2D eigenvalue weighted by Gasteiger charge is 2.27. The molecule has 6 nitrogen and oxygen atoms in total. The molecular weight excluding hydrogens is 385 g/mol. The number of hydrogen-bond donors (Lipinski definition) is 2. The molecule has 148 valence electrons. The number of rotatable bonds is 5. The fourth-order valence-corrected chi connectivity index (χ4v) is 3.35. The molecule has 3 N–H and O–H groups in total. The van der Waals surface area contributed by atoms with Crippen molar-refractivity contribution in [3.8, 4) is 5.75 Å². The smallest absolute Gasteiger partial charge is 0.314 e. The van der Waals surface area contributed by atoms with Gasteiger partial charge in [0.05, 0.1) is 10.9 Å². The van der Waals surface area contributed by atoms with Crippen LogP contribution >= 0.6 is 11.6 Å². The highest BCUT2D eigenvalue weighted by Crippen LogP contribution is 2.29. The number of nitrogens with two attached hydrogens (primary N) is 1. The second kappa shape index (κ2) is 8.93. The summed E-state index contributed by atoms with van der Waals surface area (Å²) in [4.78, 5) is 25.3. The predicted octanol–water partition coefficient (Wildman–Crippen LogP) is 3.79. The molecule has 1 heterocycles. The molecule has 2 aromatic rings. The summed E-state index contributed by atoms with van der Waals surface area (Å²) in [6.45, 7) is 1.06. The number of benzene rings is 2. The van der Waals surface area contributed by atoms with Crippen molar-refractivity contribution < 1.29 is 18.7 Å². The number of anilines is 1. The molecule has 2 aromatic carbocycles. The van der Waals surface area contributed by atoms with Gasteiger partial charge in [-0.1, -0.05) is 23.7 Å². The Kier molecular flexibility index (Phi) is 6.36. The summed E-state index contributed by atoms with van der Waals surface area (Å²) in [6, 6.07) is 10.5. The number of carbonyl (C=O) groups excluding carboxylic acids is 2. The molecule has 0 aromatic heterocycles. The second-order valence-corrected chi connectivity index (χ2v) is 7.08. The van der Waals surface area contributed by atoms with E-state index >= 15 is 0 Å². The van der Waals surface area contributed by atoms with Crippen molar-refractivity contribution in [2.24, 2.45) is 11.7 Å². The summed E-state index contributed by atoms with van der Waals surface area (Å²) in [6.07, 6.45) is 1.42. The number of primary amides is 1. The standard InChI is InChI=1S/C20H21ClFN3O3/c21-17-10-16(24-19(26)14-4-2-8-25(11-14)20(23)27)6-7-18(17)28-12-13-3-1-5-15(22)9-13/h1,3,5-7,9-10,14H,2,4,8,11-12H2,(H2,23,27)(H,24,26). The van der Waals surface area contributed by atoms with Crippen LogP contribution in [0.4, 0.5) is 14.9 Å². The SMILES string of the molecule is NC(=O)N1CCCC(C(=O)Nc2ccc(OCc3cccc(F)c3)c(Cl)c2)C1. The van der Waals surface area contributed by atoms with E-state index < -0.39 is 6.03 Å². The van der Waals surface area contributed by atoms with Crippen molar-refractivity contribution in [2.75, 3.05) is 18.4 Å². The van der Waals surface area contributed by atoms with E-state index in [1.807, 2.05) is 0 Å². The van der Waals surface area contributed by atoms with E-state index in [4.69, 9.17) is 22.1 Å². The Hall–Kier alpha value is -2.80. The Morgan fingerprint density at radius 3 is 2.82 bits per heavy atom. The Morgan fingerprint density at radius 2 is 2.11 bits per heavy atom. The molecule has 8 heteroatoms. The van der Waals surface area contributed by atoms with Gasteiger partial charge >= 0.3 is 6.03 Å². The van der Waals surface area contributed by atoms with Crippen LogP contribution in [0.25, 0.3) is 0 Å². The molecule has 0 radical (unpaired) electrons. The number of amides is 3. The molecule has 0 bridgehead atoms. The lowest BCUT2D eigenvalue weighted by molar-refractivity contribution is -0.121. The van der Waals surface area contributed by atoms with Gasteiger partial charge in [-0.25, -0.2) is 9.18 Å². The fraction of sp³-hybridized carbons (Fsp3) is 0.300. The van der Waals surface area contributed by atoms with E-state index in [9.17, 15) is 14.0 Å². The van der Waals surface area contributed by atoms with Gasteiger partial charge in [0, 0.05) is 18.8 Å². The number of hydrogen-bond acceptors (Lipinski definition) is 3. The minimum absolute atomic E-state index is 0.175. The highest BCUT2D eigenvalue weighted by molar-refractivity contribution is 6.32. The first-order valence-corrected chi connectivity index (χ1v) is 9.32. The van der Waals surface area contributed by atoms with E-state index in [2.05, 4.69) is 5.32 Å². The summed E-state index contributed by atoms with van der Waals surface area (Å²) in [5.41, 5.74) is 6.52. The van der Waals surface area contributed by atoms with Crippen LogP contribution in [0.2, 0.25) is 5.02 Å². The first-order valence-electron chi connectivity index (χ1n) is 8.94. The highest BCUT2D eigenvalue weighted by atomic mass is 35.5. The fourth-order valence-electron chi connectivity index (χ4n) is 3.12. The molecule has 1 atom stereocenters. The molecule has 0 spiro atoms. The Labute approximate surface area is 167 Å². The number of nitrogens with one attached hydrogen (secondary N) is 1. The number of likely N-dealkylation sites (tertiary alicyclic amines) is 1. The molecule has 3 amide bonds. The average molecular weight is 406 g/mol. The van der Waals surface area contributed by atoms with Crippen LogP contribution in [0.3, 0.4) is 0 Å². The molecule has 1 saturated heterocycles. The van der Waals surface area contributed by atoms with Gasteiger partial charge in [-0.15, -0.1) is 0 Å². The average Bonchev–Trinajstić information content (AvgIpc) is 2.67. The number of carbonyl (C=O) groups is 2. The van der Waals surface area contributed by atoms with Crippen molar-refractivity contribution in [1.82, 2.24) is 4.90 Å². The molecule has 1 unspecified atom stereocenters. The lowest BCUT2D eigenvalue weighted by atomic mass is 9.97. The second-order valence-electron chi connectivity index (χ2n) is 6.68. The lowest BCUT2D eigenvalue weighted by Gasteiger charge is -2.30. The van der Waals surface area contributed by atoms with Crippen molar-refractivity contribution in [1.29, 1.82) is 0 Å². The summed E-state index contributed by atoms with van der Waals surface area (Å²) < 4.78 is 18.8. The van der Waals surface area contributed by atoms with Crippen molar-refractivity contribution in [3.63, 3.8) is 0 Å². The van der Waals surface area contributed by atoms with Crippen LogP contribution in [0.15, 0.2) is 42.5 Å². The monoisotopic (exact) mass is 405 g/mol. The zero-order chi connectivity index (χ0) is 20.1. The number of piperidine rings is 1. The molecule has 1 fully saturated rings. The molecule has 1 aliphatic heterocycles. The van der Waals surface area contributed by atoms with Gasteiger partial charge in [-0.05, 0) is 48.7 Å². The van der Waals surface area contributed by atoms with Crippen LogP contribution in [0, 0.1) is 11.7 Å². The van der Waals surface area contributed by atoms with Gasteiger partial charge in [0.1, 0.15) is 18.2 Å². The predicted molar refractivity (Wildman–Crippen MR) is 105 cm³/mol. The molecule has 0 saturated carbocycles. The van der Waals surface area contributed by atoms with E-state index in [1.54, 1.807) is 30.3 Å². The van der Waals surface area contributed by atoms with Crippen LogP contribution in [0.5, 0.6) is 5.75 Å². The van der Waals surface area contributed by atoms with E-state index in [0.29, 0.717) is 41.5 Å². The van der Waals surface area contributed by atoms with Crippen LogP contribution in [-0.4, -0.2) is 29.9 Å². The van der Waals surface area contributed by atoms with Crippen molar-refractivity contribution in [3.05, 3.63) is 58.9 Å². The molecule has 1 aliphatic rings. The Balaban J connectivity index is 1.59. The maximum absolute atomic E-state index is 13.2. The summed E-state index contributed by atoms with van der Waals surface area (Å²) in [5, 5.41) is 3.14. The van der Waals surface area contributed by atoms with Crippen molar-refractivity contribution in [2.45, 2.75) is 19.4 Å². The largest absolute Gasteiger partial charge is 0.487 e. The Bertz CT molecular complexity index is 878. The van der Waals surface area contributed by atoms with Gasteiger partial charge in [-0.3, -0.25) is 4.79 Å². The van der Waals surface area contributed by atoms with Gasteiger partial charge < -0.3 is 20.7 Å². The van der Waals surface area contributed by atoms with Gasteiger partial charge in [0.25, 0.3) is 0 Å². The summed E-state index contributed by atoms with van der Waals surface area (Å²) in [5.74, 6) is -0.399. The van der Waals surface area contributed by atoms with Gasteiger partial charge in [0.15, 0.2) is 0 Å². The maximum Gasteiger partial charge on any atom is 0.314 e. The third-order valence-corrected chi connectivity index (χ3v) is 4.88. The summed E-state index contributed by atoms with van der Waals surface area (Å²) >= 11 is 6.24. The van der Waals surface area contributed by atoms with E-state index in [-0.39, 0.29) is 24.2 Å². The zero-order valence-electron chi connectivity index (χ0n) is 15.2. The minimum Gasteiger partial charge on any atom is -0.487 e. The first-order chi connectivity index (χ1) is 13.4. The normalized spacial score (nSPS) is 16.5. The third-order valence-electron chi connectivity index (χ3n) is 4.59. The van der Waals surface area contributed by atoms with Gasteiger partial charge in [-0.2, -0.15) is 0 Å². The molecular formula is C20H21ClFN3O3.